The molecule has 3 heteroatoms. The first-order chi connectivity index (χ1) is 13.2. The number of carbonyl (C=O) groups excluding carboxylic acids is 1. The molecular weight excluding hydrogens is 336 g/mol. The van der Waals surface area contributed by atoms with Crippen LogP contribution in [-0.2, 0) is 6.42 Å². The number of hydrogen-bond acceptors (Lipinski definition) is 3. The van der Waals surface area contributed by atoms with Gasteiger partial charge in [-0.1, -0.05) is 61.5 Å². The van der Waals surface area contributed by atoms with E-state index in [4.69, 9.17) is 4.42 Å². The summed E-state index contributed by atoms with van der Waals surface area (Å²) in [6.45, 7) is 2.09. The molecule has 3 nitrogen and oxygen atoms in total. The van der Waals surface area contributed by atoms with Crippen molar-refractivity contribution >= 4 is 16.8 Å². The van der Waals surface area contributed by atoms with Gasteiger partial charge >= 0.3 is 0 Å². The van der Waals surface area contributed by atoms with Gasteiger partial charge in [-0.15, -0.1) is 0 Å². The third kappa shape index (κ3) is 3.08. The van der Waals surface area contributed by atoms with Gasteiger partial charge in [0, 0.05) is 16.5 Å². The molecule has 0 aliphatic heterocycles. The third-order valence-electron chi connectivity index (χ3n) is 4.75. The topological polar surface area (TPSA) is 47.3 Å². The Balaban J connectivity index is 2.07. The highest BCUT2D eigenvalue weighted by molar-refractivity contribution is 6.15. The van der Waals surface area contributed by atoms with E-state index in [1.54, 1.807) is 42.7 Å². The molecule has 1 aromatic heterocycles. The number of rotatable bonds is 4. The Morgan fingerprint density at radius 2 is 1.63 bits per heavy atom. The van der Waals surface area contributed by atoms with Crippen molar-refractivity contribution in [3.63, 3.8) is 0 Å². The quantitative estimate of drug-likeness (QED) is 0.470. The van der Waals surface area contributed by atoms with Gasteiger partial charge in [-0.2, -0.15) is 0 Å². The molecule has 0 unspecified atom stereocenters. The molecule has 0 aliphatic rings. The summed E-state index contributed by atoms with van der Waals surface area (Å²) in [6, 6.07) is 21.7. The van der Waals surface area contributed by atoms with Crippen LogP contribution in [0.4, 0.5) is 0 Å². The zero-order valence-corrected chi connectivity index (χ0v) is 14.9. The first-order valence-electron chi connectivity index (χ1n) is 8.92. The van der Waals surface area contributed by atoms with Crippen LogP contribution in [0, 0.1) is 0 Å². The number of hydrogen-bond donors (Lipinski definition) is 0. The number of aryl methyl sites for hydroxylation is 1. The van der Waals surface area contributed by atoms with E-state index in [0.29, 0.717) is 16.7 Å². The van der Waals surface area contributed by atoms with Crippen LogP contribution >= 0.6 is 0 Å². The van der Waals surface area contributed by atoms with Gasteiger partial charge in [-0.25, -0.2) is 0 Å². The molecule has 0 amide bonds. The van der Waals surface area contributed by atoms with Crippen LogP contribution in [0.3, 0.4) is 0 Å². The molecule has 0 saturated heterocycles. The highest BCUT2D eigenvalue weighted by Crippen LogP contribution is 2.31. The standard InChI is InChI=1S/C24H18O3/c1-2-16-8-10-17(11-9-16)21-22(23(26)18-6-4-3-5-7-18)20(25)13-12-19-14-15-27-24(19)21/h3-15H,2H2,1H3. The normalized spacial score (nSPS) is 10.9. The van der Waals surface area contributed by atoms with E-state index in [1.165, 1.54) is 11.6 Å². The van der Waals surface area contributed by atoms with Crippen molar-refractivity contribution in [1.82, 2.24) is 0 Å². The van der Waals surface area contributed by atoms with Crippen molar-refractivity contribution in [2.24, 2.45) is 0 Å². The minimum absolute atomic E-state index is 0.135. The van der Waals surface area contributed by atoms with E-state index >= 15 is 0 Å². The second-order valence-corrected chi connectivity index (χ2v) is 6.40. The summed E-state index contributed by atoms with van der Waals surface area (Å²) >= 11 is 0. The predicted molar refractivity (Wildman–Crippen MR) is 107 cm³/mol. The lowest BCUT2D eigenvalue weighted by atomic mass is 9.94. The van der Waals surface area contributed by atoms with E-state index in [2.05, 4.69) is 6.92 Å². The Labute approximate surface area is 156 Å². The van der Waals surface area contributed by atoms with Gasteiger partial charge in [0.05, 0.1) is 11.8 Å². The summed E-state index contributed by atoms with van der Waals surface area (Å²) in [5.41, 5.74) is 3.36. The molecule has 0 atom stereocenters. The van der Waals surface area contributed by atoms with Crippen LogP contribution in [0.15, 0.2) is 88.3 Å². The lowest BCUT2D eigenvalue weighted by Crippen LogP contribution is -2.14. The molecule has 132 valence electrons. The van der Waals surface area contributed by atoms with Gasteiger partial charge in [-0.3, -0.25) is 9.59 Å². The van der Waals surface area contributed by atoms with E-state index in [9.17, 15) is 9.59 Å². The monoisotopic (exact) mass is 354 g/mol. The number of benzene rings is 2. The number of furan rings is 1. The van der Waals surface area contributed by atoms with Crippen LogP contribution in [0.1, 0.15) is 28.4 Å². The van der Waals surface area contributed by atoms with Gasteiger partial charge in [0.25, 0.3) is 0 Å². The fraction of sp³-hybridized carbons (Fsp3) is 0.0833. The molecule has 4 aromatic rings. The maximum Gasteiger partial charge on any atom is 0.197 e. The average Bonchev–Trinajstić information content (AvgIpc) is 3.13. The Hall–Kier alpha value is -3.46. The second-order valence-electron chi connectivity index (χ2n) is 6.40. The van der Waals surface area contributed by atoms with Gasteiger partial charge in [0.1, 0.15) is 5.58 Å². The van der Waals surface area contributed by atoms with Gasteiger partial charge in [0.15, 0.2) is 11.2 Å². The van der Waals surface area contributed by atoms with Crippen LogP contribution < -0.4 is 5.43 Å². The van der Waals surface area contributed by atoms with Crippen LogP contribution in [0.2, 0.25) is 0 Å². The van der Waals surface area contributed by atoms with Crippen LogP contribution in [-0.4, -0.2) is 5.78 Å². The molecule has 0 fully saturated rings. The zero-order valence-electron chi connectivity index (χ0n) is 14.9. The lowest BCUT2D eigenvalue weighted by Gasteiger charge is -2.08. The van der Waals surface area contributed by atoms with Crippen molar-refractivity contribution < 1.29 is 9.21 Å². The second kappa shape index (κ2) is 7.04. The van der Waals surface area contributed by atoms with Crippen molar-refractivity contribution in [2.75, 3.05) is 0 Å². The molecule has 1 heterocycles. The first kappa shape index (κ1) is 17.0. The van der Waals surface area contributed by atoms with Gasteiger partial charge in [0.2, 0.25) is 0 Å². The van der Waals surface area contributed by atoms with Crippen molar-refractivity contribution in [3.05, 3.63) is 106 Å². The molecular formula is C24H18O3. The molecule has 0 spiro atoms. The first-order valence-corrected chi connectivity index (χ1v) is 8.92. The summed E-state index contributed by atoms with van der Waals surface area (Å²) in [7, 11) is 0. The lowest BCUT2D eigenvalue weighted by molar-refractivity contribution is 0.103. The summed E-state index contributed by atoms with van der Waals surface area (Å²) in [5, 5.41) is 0.786. The molecule has 0 N–H and O–H groups in total. The fourth-order valence-electron chi connectivity index (χ4n) is 3.28. The molecule has 27 heavy (non-hydrogen) atoms. The van der Waals surface area contributed by atoms with E-state index in [1.807, 2.05) is 30.3 Å². The Bertz CT molecular complexity index is 1170. The minimum atomic E-state index is -0.315. The van der Waals surface area contributed by atoms with E-state index < -0.39 is 0 Å². The summed E-state index contributed by atoms with van der Waals surface area (Å²) in [4.78, 5) is 26.1. The highest BCUT2D eigenvalue weighted by atomic mass is 16.3. The van der Waals surface area contributed by atoms with Crippen molar-refractivity contribution in [1.29, 1.82) is 0 Å². The predicted octanol–water partition coefficient (Wildman–Crippen LogP) is 5.25. The average molecular weight is 354 g/mol. The zero-order chi connectivity index (χ0) is 18.8. The van der Waals surface area contributed by atoms with Crippen molar-refractivity contribution in [2.45, 2.75) is 13.3 Å². The maximum atomic E-state index is 13.2. The van der Waals surface area contributed by atoms with Crippen LogP contribution in [0.5, 0.6) is 0 Å². The summed E-state index contributed by atoms with van der Waals surface area (Å²) in [5.74, 6) is -0.302. The minimum Gasteiger partial charge on any atom is -0.464 e. The summed E-state index contributed by atoms with van der Waals surface area (Å²) < 4.78 is 5.71. The number of carbonyl (C=O) groups is 1. The van der Waals surface area contributed by atoms with Gasteiger partial charge in [-0.05, 0) is 35.7 Å². The smallest absolute Gasteiger partial charge is 0.197 e. The Kier molecular flexibility index (Phi) is 4.43. The number of fused-ring (bicyclic) bond motifs is 1. The molecule has 0 saturated carbocycles. The fourth-order valence-corrected chi connectivity index (χ4v) is 3.28. The molecule has 0 aliphatic carbocycles. The number of ketones is 1. The highest BCUT2D eigenvalue weighted by Gasteiger charge is 2.21. The molecule has 0 radical (unpaired) electrons. The molecule has 3 aromatic carbocycles. The maximum absolute atomic E-state index is 13.2. The Morgan fingerprint density at radius 3 is 2.33 bits per heavy atom. The van der Waals surface area contributed by atoms with Crippen LogP contribution in [0.25, 0.3) is 22.1 Å². The largest absolute Gasteiger partial charge is 0.464 e. The van der Waals surface area contributed by atoms with Crippen molar-refractivity contribution in [3.8, 4) is 11.1 Å². The van der Waals surface area contributed by atoms with E-state index in [-0.39, 0.29) is 16.8 Å². The Morgan fingerprint density at radius 1 is 0.889 bits per heavy atom. The molecule has 0 bridgehead atoms. The van der Waals surface area contributed by atoms with E-state index in [0.717, 1.165) is 17.4 Å². The third-order valence-corrected chi connectivity index (χ3v) is 4.75. The SMILES string of the molecule is CCc1ccc(-c2c(C(=O)c3ccccc3)c(=O)ccc3ccoc23)cc1. The molecule has 4 rings (SSSR count). The summed E-state index contributed by atoms with van der Waals surface area (Å²) in [6.07, 6.45) is 2.50. The van der Waals surface area contributed by atoms with Gasteiger partial charge < -0.3 is 4.42 Å².